The van der Waals surface area contributed by atoms with Crippen LogP contribution < -0.4 is 0 Å². The largest absolute Gasteiger partial charge is 0.218 e. The highest BCUT2D eigenvalue weighted by molar-refractivity contribution is 7.88. The van der Waals surface area contributed by atoms with E-state index in [9.17, 15) is 8.42 Å². The molecule has 0 saturated carbocycles. The highest BCUT2D eigenvalue weighted by atomic mass is 32.2. The average molecular weight is 241 g/mol. The number of nitrogens with zero attached hydrogens (tertiary/aromatic N) is 1. The van der Waals surface area contributed by atoms with Crippen LogP contribution in [0.15, 0.2) is 30.3 Å². The first kappa shape index (κ1) is 13.2. The molecule has 0 aliphatic carbocycles. The van der Waals surface area contributed by atoms with Crippen molar-refractivity contribution in [2.75, 3.05) is 7.05 Å². The van der Waals surface area contributed by atoms with Crippen LogP contribution in [0.2, 0.25) is 0 Å². The van der Waals surface area contributed by atoms with Crippen LogP contribution in [0.5, 0.6) is 0 Å². The maximum atomic E-state index is 12.1. The first-order chi connectivity index (χ1) is 7.23. The summed E-state index contributed by atoms with van der Waals surface area (Å²) in [4.78, 5) is 0. The molecule has 0 spiro atoms. The van der Waals surface area contributed by atoms with Crippen molar-refractivity contribution in [3.63, 3.8) is 0 Å². The highest BCUT2D eigenvalue weighted by Crippen LogP contribution is 2.18. The first-order valence-electron chi connectivity index (χ1n) is 5.24. The summed E-state index contributed by atoms with van der Waals surface area (Å²) in [6.07, 6.45) is 0. The molecule has 0 fully saturated rings. The lowest BCUT2D eigenvalue weighted by Gasteiger charge is -2.30. The summed E-state index contributed by atoms with van der Waals surface area (Å²) in [5.41, 5.74) is 0.437. The van der Waals surface area contributed by atoms with Crippen molar-refractivity contribution in [1.29, 1.82) is 0 Å². The molecule has 0 saturated heterocycles. The molecule has 0 aromatic heterocycles. The van der Waals surface area contributed by atoms with Gasteiger partial charge < -0.3 is 0 Å². The summed E-state index contributed by atoms with van der Waals surface area (Å²) in [7, 11) is -1.61. The number of benzene rings is 1. The molecule has 0 aliphatic rings. The van der Waals surface area contributed by atoms with Crippen LogP contribution >= 0.6 is 0 Å². The number of hydrogen-bond donors (Lipinski definition) is 0. The average Bonchev–Trinajstić information content (AvgIpc) is 2.16. The fourth-order valence-electron chi connectivity index (χ4n) is 1.30. The Morgan fingerprint density at radius 3 is 2.06 bits per heavy atom. The van der Waals surface area contributed by atoms with Crippen LogP contribution in [0.4, 0.5) is 0 Å². The minimum Gasteiger partial charge on any atom is -0.212 e. The predicted octanol–water partition coefficient (Wildman–Crippen LogP) is 2.25. The second-order valence-electron chi connectivity index (χ2n) is 4.88. The van der Waals surface area contributed by atoms with Crippen LogP contribution in [0.25, 0.3) is 0 Å². The highest BCUT2D eigenvalue weighted by Gasteiger charge is 2.28. The van der Waals surface area contributed by atoms with Crippen molar-refractivity contribution < 1.29 is 8.42 Å². The lowest BCUT2D eigenvalue weighted by molar-refractivity contribution is 0.291. The molecule has 0 heterocycles. The second-order valence-corrected chi connectivity index (χ2v) is 6.88. The minimum absolute atomic E-state index is 0.0572. The number of rotatable bonds is 3. The van der Waals surface area contributed by atoms with Crippen molar-refractivity contribution in [2.24, 2.45) is 0 Å². The fourth-order valence-corrected chi connectivity index (χ4v) is 2.94. The fraction of sp³-hybridized carbons (Fsp3) is 0.500. The molecule has 0 N–H and O–H groups in total. The van der Waals surface area contributed by atoms with E-state index in [0.29, 0.717) is 0 Å². The van der Waals surface area contributed by atoms with E-state index in [1.54, 1.807) is 7.05 Å². The quantitative estimate of drug-likeness (QED) is 0.814. The van der Waals surface area contributed by atoms with Gasteiger partial charge in [0.05, 0.1) is 5.75 Å². The standard InChI is InChI=1S/C12H19NO2S/c1-12(2,3)13(4)16(14,15)10-11-8-6-5-7-9-11/h5-9H,10H2,1-4H3. The SMILES string of the molecule is CN(C(C)(C)C)S(=O)(=O)Cc1ccccc1. The Morgan fingerprint density at radius 2 is 1.62 bits per heavy atom. The Hall–Kier alpha value is -0.870. The van der Waals surface area contributed by atoms with Gasteiger partial charge in [0.2, 0.25) is 10.0 Å². The summed E-state index contributed by atoms with van der Waals surface area (Å²) >= 11 is 0. The Balaban J connectivity index is 2.89. The molecule has 0 radical (unpaired) electrons. The van der Waals surface area contributed by atoms with Gasteiger partial charge >= 0.3 is 0 Å². The van der Waals surface area contributed by atoms with Gasteiger partial charge in [-0.15, -0.1) is 0 Å². The number of hydrogen-bond acceptors (Lipinski definition) is 2. The zero-order chi connectivity index (χ0) is 12.4. The van der Waals surface area contributed by atoms with Gasteiger partial charge in [-0.3, -0.25) is 0 Å². The van der Waals surface area contributed by atoms with Crippen LogP contribution in [0.3, 0.4) is 0 Å². The van der Waals surface area contributed by atoms with Gasteiger partial charge in [-0.2, -0.15) is 4.31 Å². The van der Waals surface area contributed by atoms with E-state index in [0.717, 1.165) is 5.56 Å². The molecule has 1 aromatic rings. The maximum absolute atomic E-state index is 12.1. The van der Waals surface area contributed by atoms with Crippen molar-refractivity contribution in [1.82, 2.24) is 4.31 Å². The van der Waals surface area contributed by atoms with Crippen LogP contribution in [0, 0.1) is 0 Å². The van der Waals surface area contributed by atoms with Crippen LogP contribution in [-0.4, -0.2) is 25.3 Å². The Kier molecular flexibility index (Phi) is 3.76. The van der Waals surface area contributed by atoms with Crippen LogP contribution in [0.1, 0.15) is 26.3 Å². The van der Waals surface area contributed by atoms with Gasteiger partial charge in [-0.05, 0) is 26.3 Å². The molecule has 1 rings (SSSR count). The molecule has 0 bridgehead atoms. The van der Waals surface area contributed by atoms with Crippen molar-refractivity contribution in [2.45, 2.75) is 32.1 Å². The van der Waals surface area contributed by atoms with Crippen molar-refractivity contribution in [3.05, 3.63) is 35.9 Å². The Morgan fingerprint density at radius 1 is 1.12 bits per heavy atom. The van der Waals surface area contributed by atoms with E-state index in [1.807, 2.05) is 51.1 Å². The minimum atomic E-state index is -3.24. The van der Waals surface area contributed by atoms with E-state index < -0.39 is 10.0 Å². The van der Waals surface area contributed by atoms with E-state index in [2.05, 4.69) is 0 Å². The van der Waals surface area contributed by atoms with E-state index in [4.69, 9.17) is 0 Å². The lowest BCUT2D eigenvalue weighted by atomic mass is 10.1. The van der Waals surface area contributed by atoms with E-state index in [-0.39, 0.29) is 11.3 Å². The third-order valence-electron chi connectivity index (χ3n) is 2.55. The van der Waals surface area contributed by atoms with Gasteiger partial charge in [0, 0.05) is 12.6 Å². The Bertz CT molecular complexity index is 432. The smallest absolute Gasteiger partial charge is 0.212 e. The summed E-state index contributed by atoms with van der Waals surface area (Å²) < 4.78 is 25.6. The maximum Gasteiger partial charge on any atom is 0.218 e. The van der Waals surface area contributed by atoms with Gasteiger partial charge in [0.1, 0.15) is 0 Å². The van der Waals surface area contributed by atoms with Gasteiger partial charge in [0.15, 0.2) is 0 Å². The molecule has 1 aromatic carbocycles. The van der Waals surface area contributed by atoms with E-state index in [1.165, 1.54) is 4.31 Å². The molecule has 4 heteroatoms. The van der Waals surface area contributed by atoms with Gasteiger partial charge in [0.25, 0.3) is 0 Å². The molecular formula is C12H19NO2S. The van der Waals surface area contributed by atoms with Crippen molar-refractivity contribution >= 4 is 10.0 Å². The second kappa shape index (κ2) is 4.55. The zero-order valence-corrected chi connectivity index (χ0v) is 11.1. The topological polar surface area (TPSA) is 37.4 Å². The zero-order valence-electron chi connectivity index (χ0n) is 10.3. The summed E-state index contributed by atoms with van der Waals surface area (Å²) in [5.74, 6) is 0.0572. The molecule has 3 nitrogen and oxygen atoms in total. The third-order valence-corrected chi connectivity index (χ3v) is 4.63. The summed E-state index contributed by atoms with van der Waals surface area (Å²) in [6, 6.07) is 9.23. The van der Waals surface area contributed by atoms with Gasteiger partial charge in [-0.1, -0.05) is 30.3 Å². The molecule has 90 valence electrons. The first-order valence-corrected chi connectivity index (χ1v) is 6.85. The number of sulfonamides is 1. The molecular weight excluding hydrogens is 222 g/mol. The molecule has 16 heavy (non-hydrogen) atoms. The lowest BCUT2D eigenvalue weighted by Crippen LogP contribution is -2.42. The normalized spacial score (nSPS) is 13.1. The van der Waals surface area contributed by atoms with Crippen LogP contribution in [-0.2, 0) is 15.8 Å². The van der Waals surface area contributed by atoms with Gasteiger partial charge in [-0.25, -0.2) is 8.42 Å². The predicted molar refractivity (Wildman–Crippen MR) is 66.6 cm³/mol. The molecule has 0 atom stereocenters. The third kappa shape index (κ3) is 3.32. The summed E-state index contributed by atoms with van der Waals surface area (Å²) in [5, 5.41) is 0. The van der Waals surface area contributed by atoms with Crippen molar-refractivity contribution in [3.8, 4) is 0 Å². The van der Waals surface area contributed by atoms with E-state index >= 15 is 0 Å². The molecule has 0 aliphatic heterocycles. The molecule has 0 amide bonds. The Labute approximate surface area is 98.1 Å². The summed E-state index contributed by atoms with van der Waals surface area (Å²) in [6.45, 7) is 5.65. The monoisotopic (exact) mass is 241 g/mol. The molecule has 0 unspecified atom stereocenters.